The summed E-state index contributed by atoms with van der Waals surface area (Å²) in [5.74, 6) is 0.898. The molecule has 1 heterocycles. The lowest BCUT2D eigenvalue weighted by molar-refractivity contribution is 0.0759. The number of nitrogens with zero attached hydrogens (tertiary/aromatic N) is 1. The minimum Gasteiger partial charge on any atom is -0.293 e. The summed E-state index contributed by atoms with van der Waals surface area (Å²) in [6.07, 6.45) is 9.04. The van der Waals surface area contributed by atoms with Crippen LogP contribution in [0.5, 0.6) is 0 Å². The second kappa shape index (κ2) is 5.21. The molecule has 2 nitrogen and oxygen atoms in total. The van der Waals surface area contributed by atoms with E-state index in [2.05, 4.69) is 18.8 Å². The van der Waals surface area contributed by atoms with Gasteiger partial charge in [-0.3, -0.25) is 9.78 Å². The second-order valence-electron chi connectivity index (χ2n) is 6.17. The smallest absolute Gasteiger partial charge is 0.170 e. The maximum absolute atomic E-state index is 12.8. The van der Waals surface area contributed by atoms with Gasteiger partial charge < -0.3 is 0 Å². The molecule has 0 radical (unpaired) electrons. The molecule has 0 aromatic carbocycles. The van der Waals surface area contributed by atoms with Crippen molar-refractivity contribution in [2.45, 2.75) is 52.9 Å². The van der Waals surface area contributed by atoms with E-state index in [-0.39, 0.29) is 5.41 Å². The quantitative estimate of drug-likeness (QED) is 0.745. The van der Waals surface area contributed by atoms with Gasteiger partial charge in [-0.05, 0) is 43.7 Å². The highest BCUT2D eigenvalue weighted by Crippen LogP contribution is 2.45. The predicted molar refractivity (Wildman–Crippen MR) is 73.7 cm³/mol. The summed E-state index contributed by atoms with van der Waals surface area (Å²) in [4.78, 5) is 17.0. The van der Waals surface area contributed by atoms with Gasteiger partial charge in [-0.15, -0.1) is 0 Å². The third-order valence-corrected chi connectivity index (χ3v) is 3.98. The fraction of sp³-hybridized carbons (Fsp3) is 0.625. The van der Waals surface area contributed by atoms with E-state index in [0.29, 0.717) is 11.7 Å². The molecule has 18 heavy (non-hydrogen) atoms. The van der Waals surface area contributed by atoms with Gasteiger partial charge in [0.25, 0.3) is 0 Å². The van der Waals surface area contributed by atoms with Crippen LogP contribution in [0.4, 0.5) is 0 Å². The first-order valence-electron chi connectivity index (χ1n) is 7.00. The summed E-state index contributed by atoms with van der Waals surface area (Å²) in [5.41, 5.74) is 1.76. The van der Waals surface area contributed by atoms with Crippen LogP contribution in [0.25, 0.3) is 0 Å². The van der Waals surface area contributed by atoms with Crippen LogP contribution in [-0.4, -0.2) is 10.8 Å². The van der Waals surface area contributed by atoms with E-state index in [1.54, 1.807) is 12.4 Å². The fourth-order valence-electron chi connectivity index (χ4n) is 3.34. The number of rotatable bonds is 4. The van der Waals surface area contributed by atoms with E-state index >= 15 is 0 Å². The second-order valence-corrected chi connectivity index (χ2v) is 6.17. The normalized spacial score (nSPS) is 18.2. The summed E-state index contributed by atoms with van der Waals surface area (Å²) in [5, 5.41) is 0. The van der Waals surface area contributed by atoms with Gasteiger partial charge in [0.15, 0.2) is 5.78 Å². The van der Waals surface area contributed by atoms with Crippen molar-refractivity contribution in [1.29, 1.82) is 0 Å². The van der Waals surface area contributed by atoms with Gasteiger partial charge in [-0.25, -0.2) is 0 Å². The first-order valence-corrected chi connectivity index (χ1v) is 7.00. The zero-order valence-corrected chi connectivity index (χ0v) is 11.7. The summed E-state index contributed by atoms with van der Waals surface area (Å²) in [7, 11) is 0. The lowest BCUT2D eigenvalue weighted by atomic mass is 9.73. The number of carbonyl (C=O) groups excluding carboxylic acids is 1. The molecule has 0 atom stereocenters. The molecule has 1 aliphatic rings. The number of Topliss-reactive ketones (excluding diaryl/α,β-unsaturated/α-hetero) is 1. The van der Waals surface area contributed by atoms with Gasteiger partial charge in [0.2, 0.25) is 0 Å². The van der Waals surface area contributed by atoms with Crippen LogP contribution in [-0.2, 0) is 0 Å². The Morgan fingerprint density at radius 3 is 2.56 bits per heavy atom. The lowest BCUT2D eigenvalue weighted by Gasteiger charge is -2.29. The number of hydrogen-bond acceptors (Lipinski definition) is 2. The Bertz CT molecular complexity index is 430. The van der Waals surface area contributed by atoms with E-state index in [9.17, 15) is 4.79 Å². The molecule has 0 saturated heterocycles. The highest BCUT2D eigenvalue weighted by atomic mass is 16.1. The van der Waals surface area contributed by atoms with Crippen molar-refractivity contribution in [3.8, 4) is 0 Å². The summed E-state index contributed by atoms with van der Waals surface area (Å²) >= 11 is 0. The molecular formula is C16H23NO. The summed E-state index contributed by atoms with van der Waals surface area (Å²) in [6, 6.07) is 1.98. The van der Waals surface area contributed by atoms with E-state index in [0.717, 1.165) is 30.4 Å². The molecule has 0 N–H and O–H groups in total. The van der Waals surface area contributed by atoms with Gasteiger partial charge >= 0.3 is 0 Å². The number of aromatic nitrogens is 1. The van der Waals surface area contributed by atoms with E-state index in [1.807, 2.05) is 13.0 Å². The molecule has 2 rings (SSSR count). The van der Waals surface area contributed by atoms with Crippen molar-refractivity contribution >= 4 is 5.78 Å². The van der Waals surface area contributed by atoms with Crippen LogP contribution >= 0.6 is 0 Å². The van der Waals surface area contributed by atoms with E-state index in [1.165, 1.54) is 12.8 Å². The van der Waals surface area contributed by atoms with Crippen molar-refractivity contribution in [2.75, 3.05) is 0 Å². The molecule has 1 saturated carbocycles. The van der Waals surface area contributed by atoms with Crippen LogP contribution in [0.15, 0.2) is 18.5 Å². The zero-order valence-electron chi connectivity index (χ0n) is 11.7. The number of carbonyl (C=O) groups is 1. The molecule has 0 unspecified atom stereocenters. The summed E-state index contributed by atoms with van der Waals surface area (Å²) < 4.78 is 0. The van der Waals surface area contributed by atoms with Crippen LogP contribution < -0.4 is 0 Å². The largest absolute Gasteiger partial charge is 0.293 e. The zero-order chi connectivity index (χ0) is 13.2. The number of ketones is 1. The first kappa shape index (κ1) is 13.3. The van der Waals surface area contributed by atoms with Crippen molar-refractivity contribution in [3.63, 3.8) is 0 Å². The third-order valence-electron chi connectivity index (χ3n) is 3.98. The Hall–Kier alpha value is -1.18. The van der Waals surface area contributed by atoms with Crippen molar-refractivity contribution in [1.82, 2.24) is 4.98 Å². The standard InChI is InChI=1S/C16H23NO/c1-12(2)9-16(6-4-5-7-16)15(18)14-8-13(3)10-17-11-14/h8,10-12H,4-7,9H2,1-3H3. The van der Waals surface area contributed by atoms with Gasteiger partial charge in [0.05, 0.1) is 0 Å². The Labute approximate surface area is 110 Å². The Morgan fingerprint density at radius 2 is 2.00 bits per heavy atom. The van der Waals surface area contributed by atoms with Crippen molar-refractivity contribution in [2.24, 2.45) is 11.3 Å². The Kier molecular flexibility index (Phi) is 3.84. The van der Waals surface area contributed by atoms with Crippen molar-refractivity contribution < 1.29 is 4.79 Å². The molecule has 0 amide bonds. The Morgan fingerprint density at radius 1 is 1.33 bits per heavy atom. The number of hydrogen-bond donors (Lipinski definition) is 0. The van der Waals surface area contributed by atoms with Gasteiger partial charge in [0.1, 0.15) is 0 Å². The SMILES string of the molecule is Cc1cncc(C(=O)C2(CC(C)C)CCCC2)c1. The number of aryl methyl sites for hydroxylation is 1. The van der Waals surface area contributed by atoms with Crippen LogP contribution in [0.2, 0.25) is 0 Å². The molecule has 0 spiro atoms. The van der Waals surface area contributed by atoms with Crippen molar-refractivity contribution in [3.05, 3.63) is 29.6 Å². The van der Waals surface area contributed by atoms with Crippen LogP contribution in [0, 0.1) is 18.3 Å². The molecule has 0 bridgehead atoms. The molecule has 2 heteroatoms. The molecule has 1 aromatic rings. The fourth-order valence-corrected chi connectivity index (χ4v) is 3.34. The molecule has 0 aliphatic heterocycles. The van der Waals surface area contributed by atoms with E-state index in [4.69, 9.17) is 0 Å². The first-order chi connectivity index (χ1) is 8.53. The third kappa shape index (κ3) is 2.63. The minimum atomic E-state index is -0.107. The molecule has 1 aromatic heterocycles. The van der Waals surface area contributed by atoms with E-state index < -0.39 is 0 Å². The lowest BCUT2D eigenvalue weighted by Crippen LogP contribution is -2.30. The average Bonchev–Trinajstić information content (AvgIpc) is 2.77. The van der Waals surface area contributed by atoms with Gasteiger partial charge in [-0.1, -0.05) is 26.7 Å². The average molecular weight is 245 g/mol. The Balaban J connectivity index is 2.29. The highest BCUT2D eigenvalue weighted by Gasteiger charge is 2.41. The van der Waals surface area contributed by atoms with Crippen LogP contribution in [0.1, 0.15) is 61.9 Å². The van der Waals surface area contributed by atoms with Gasteiger partial charge in [-0.2, -0.15) is 0 Å². The maximum Gasteiger partial charge on any atom is 0.170 e. The molecular weight excluding hydrogens is 222 g/mol. The maximum atomic E-state index is 12.8. The summed E-state index contributed by atoms with van der Waals surface area (Å²) in [6.45, 7) is 6.41. The van der Waals surface area contributed by atoms with Gasteiger partial charge in [0, 0.05) is 23.4 Å². The topological polar surface area (TPSA) is 30.0 Å². The minimum absolute atomic E-state index is 0.107. The van der Waals surface area contributed by atoms with Crippen LogP contribution in [0.3, 0.4) is 0 Å². The molecule has 1 fully saturated rings. The monoisotopic (exact) mass is 245 g/mol. The highest BCUT2D eigenvalue weighted by molar-refractivity contribution is 6.00. The predicted octanol–water partition coefficient (Wildman–Crippen LogP) is 4.18. The number of pyridine rings is 1. The molecule has 1 aliphatic carbocycles. The molecule has 98 valence electrons.